The van der Waals surface area contributed by atoms with Crippen LogP contribution in [0.3, 0.4) is 0 Å². The molecule has 1 aromatic heterocycles. The lowest BCUT2D eigenvalue weighted by Gasteiger charge is -2.17. The molecule has 9 heteroatoms. The number of aromatic nitrogens is 1. The fourth-order valence-electron chi connectivity index (χ4n) is 1.01. The summed E-state index contributed by atoms with van der Waals surface area (Å²) in [6.45, 7) is -0.670. The average Bonchev–Trinajstić information content (AvgIpc) is 2.23. The second-order valence-corrected chi connectivity index (χ2v) is 4.49. The van der Waals surface area contributed by atoms with Crippen molar-refractivity contribution < 1.29 is 26.3 Å². The van der Waals surface area contributed by atoms with Crippen LogP contribution in [-0.4, -0.2) is 23.0 Å². The molecule has 0 aromatic carbocycles. The van der Waals surface area contributed by atoms with Gasteiger partial charge >= 0.3 is 12.4 Å². The van der Waals surface area contributed by atoms with Gasteiger partial charge in [-0.15, -0.1) is 0 Å². The Balaban J connectivity index is 2.81. The third-order valence-electron chi connectivity index (χ3n) is 1.91. The van der Waals surface area contributed by atoms with E-state index in [1.807, 2.05) is 0 Å². The van der Waals surface area contributed by atoms with E-state index in [0.29, 0.717) is 12.3 Å². The largest absolute Gasteiger partial charge is 0.417 e. The van der Waals surface area contributed by atoms with E-state index in [0.717, 1.165) is 6.07 Å². The van der Waals surface area contributed by atoms with Crippen LogP contribution >= 0.6 is 11.8 Å². The number of hydrogen-bond donors (Lipinski definition) is 1. The summed E-state index contributed by atoms with van der Waals surface area (Å²) < 4.78 is 73.7. The van der Waals surface area contributed by atoms with E-state index in [4.69, 9.17) is 5.73 Å². The van der Waals surface area contributed by atoms with Crippen molar-refractivity contribution in [1.29, 1.82) is 0 Å². The summed E-state index contributed by atoms with van der Waals surface area (Å²) in [7, 11) is 0. The third-order valence-corrected chi connectivity index (χ3v) is 3.13. The second-order valence-electron chi connectivity index (χ2n) is 3.27. The maximum atomic E-state index is 12.4. The molecule has 1 atom stereocenters. The van der Waals surface area contributed by atoms with Gasteiger partial charge < -0.3 is 5.73 Å². The quantitative estimate of drug-likeness (QED) is 0.687. The third kappa shape index (κ3) is 4.05. The van der Waals surface area contributed by atoms with Gasteiger partial charge in [0.05, 0.1) is 10.6 Å². The highest BCUT2D eigenvalue weighted by Crippen LogP contribution is 2.35. The van der Waals surface area contributed by atoms with E-state index < -0.39 is 29.7 Å². The summed E-state index contributed by atoms with van der Waals surface area (Å²) in [5.41, 5.74) is 3.95. The van der Waals surface area contributed by atoms with Crippen molar-refractivity contribution in [2.75, 3.05) is 6.54 Å². The van der Waals surface area contributed by atoms with Crippen LogP contribution in [0, 0.1) is 0 Å². The first-order valence-corrected chi connectivity index (χ1v) is 5.49. The number of rotatable bonds is 3. The molecule has 1 unspecified atom stereocenters. The van der Waals surface area contributed by atoms with Gasteiger partial charge in [-0.25, -0.2) is 4.98 Å². The van der Waals surface area contributed by atoms with Gasteiger partial charge in [0, 0.05) is 12.7 Å². The predicted molar refractivity (Wildman–Crippen MR) is 54.0 cm³/mol. The first-order chi connectivity index (χ1) is 8.14. The van der Waals surface area contributed by atoms with Crippen LogP contribution in [0.1, 0.15) is 5.56 Å². The number of hydrogen-bond acceptors (Lipinski definition) is 3. The Morgan fingerprint density at radius 2 is 1.78 bits per heavy atom. The molecule has 0 saturated heterocycles. The number of halogens is 6. The zero-order valence-electron chi connectivity index (χ0n) is 8.72. The first-order valence-electron chi connectivity index (χ1n) is 4.61. The molecule has 0 spiro atoms. The zero-order valence-corrected chi connectivity index (χ0v) is 9.53. The fourth-order valence-corrected chi connectivity index (χ4v) is 1.79. The average molecular weight is 290 g/mol. The van der Waals surface area contributed by atoms with Crippen LogP contribution in [0.2, 0.25) is 0 Å². The van der Waals surface area contributed by atoms with Gasteiger partial charge in [0.15, 0.2) is 0 Å². The molecular formula is C9H8F6N2S. The van der Waals surface area contributed by atoms with Crippen molar-refractivity contribution in [3.05, 3.63) is 23.9 Å². The van der Waals surface area contributed by atoms with E-state index in [9.17, 15) is 26.3 Å². The van der Waals surface area contributed by atoms with Crippen molar-refractivity contribution in [1.82, 2.24) is 4.98 Å². The van der Waals surface area contributed by atoms with Crippen molar-refractivity contribution >= 4 is 11.8 Å². The molecule has 0 radical (unpaired) electrons. The van der Waals surface area contributed by atoms with E-state index in [1.54, 1.807) is 0 Å². The number of pyridine rings is 1. The topological polar surface area (TPSA) is 38.9 Å². The molecule has 1 heterocycles. The first kappa shape index (κ1) is 15.1. The lowest BCUT2D eigenvalue weighted by molar-refractivity contribution is -0.138. The molecule has 1 rings (SSSR count). The minimum atomic E-state index is -4.56. The Morgan fingerprint density at radius 3 is 2.11 bits per heavy atom. The molecule has 0 aliphatic carbocycles. The van der Waals surface area contributed by atoms with Gasteiger partial charge in [0.25, 0.3) is 0 Å². The van der Waals surface area contributed by atoms with Crippen molar-refractivity contribution in [3.63, 3.8) is 0 Å². The van der Waals surface area contributed by atoms with Gasteiger partial charge in [0.1, 0.15) is 5.25 Å². The Morgan fingerprint density at radius 1 is 1.17 bits per heavy atom. The van der Waals surface area contributed by atoms with Gasteiger partial charge in [-0.3, -0.25) is 0 Å². The molecule has 102 valence electrons. The van der Waals surface area contributed by atoms with Crippen LogP contribution in [0.4, 0.5) is 26.3 Å². The Kier molecular flexibility index (Phi) is 4.49. The van der Waals surface area contributed by atoms with Crippen LogP contribution in [0.25, 0.3) is 0 Å². The van der Waals surface area contributed by atoms with E-state index >= 15 is 0 Å². The molecule has 18 heavy (non-hydrogen) atoms. The predicted octanol–water partition coefficient (Wildman–Crippen LogP) is 3.08. The van der Waals surface area contributed by atoms with Crippen molar-refractivity contribution in [2.24, 2.45) is 5.73 Å². The van der Waals surface area contributed by atoms with E-state index in [1.165, 1.54) is 0 Å². The molecular weight excluding hydrogens is 282 g/mol. The van der Waals surface area contributed by atoms with Gasteiger partial charge in [-0.1, -0.05) is 11.8 Å². The Bertz CT molecular complexity index is 386. The molecule has 0 aliphatic heterocycles. The standard InChI is InChI=1S/C9H8F6N2S/c10-8(11,12)5-1-2-7(17-4-5)18-6(3-16)9(13,14)15/h1-2,4,6H,3,16H2. The van der Waals surface area contributed by atoms with Crippen LogP contribution in [0.5, 0.6) is 0 Å². The van der Waals surface area contributed by atoms with Crippen molar-refractivity contribution in [3.8, 4) is 0 Å². The number of thioether (sulfide) groups is 1. The molecule has 0 amide bonds. The minimum Gasteiger partial charge on any atom is -0.329 e. The molecule has 0 bridgehead atoms. The minimum absolute atomic E-state index is 0.157. The SMILES string of the molecule is NCC(Sc1ccc(C(F)(F)F)cn1)C(F)(F)F. The molecule has 2 nitrogen and oxygen atoms in total. The fraction of sp³-hybridized carbons (Fsp3) is 0.444. The zero-order chi connectivity index (χ0) is 14.0. The molecule has 0 saturated carbocycles. The highest BCUT2D eigenvalue weighted by Gasteiger charge is 2.39. The monoisotopic (exact) mass is 290 g/mol. The number of nitrogens with two attached hydrogens (primary N) is 1. The molecule has 1 aromatic rings. The van der Waals surface area contributed by atoms with Crippen LogP contribution in [-0.2, 0) is 6.18 Å². The summed E-state index contributed by atoms with van der Waals surface area (Å²) in [5, 5.41) is -2.04. The van der Waals surface area contributed by atoms with Crippen molar-refractivity contribution in [2.45, 2.75) is 22.6 Å². The summed E-state index contributed by atoms with van der Waals surface area (Å²) >= 11 is 0.287. The molecule has 2 N–H and O–H groups in total. The van der Waals surface area contributed by atoms with Gasteiger partial charge in [-0.2, -0.15) is 26.3 Å². The molecule has 0 fully saturated rings. The van der Waals surface area contributed by atoms with Gasteiger partial charge in [0.2, 0.25) is 0 Å². The normalized spacial score (nSPS) is 14.6. The summed E-state index contributed by atoms with van der Waals surface area (Å²) in [4.78, 5) is 3.33. The maximum Gasteiger partial charge on any atom is 0.417 e. The maximum absolute atomic E-state index is 12.4. The second kappa shape index (κ2) is 5.35. The van der Waals surface area contributed by atoms with Crippen LogP contribution < -0.4 is 5.73 Å². The number of nitrogens with zero attached hydrogens (tertiary/aromatic N) is 1. The molecule has 0 aliphatic rings. The smallest absolute Gasteiger partial charge is 0.329 e. The highest BCUT2D eigenvalue weighted by atomic mass is 32.2. The Hall–Kier alpha value is -0.960. The summed E-state index contributed by atoms with van der Waals surface area (Å²) in [5.74, 6) is 0. The van der Waals surface area contributed by atoms with E-state index in [2.05, 4.69) is 4.98 Å². The lowest BCUT2D eigenvalue weighted by atomic mass is 10.3. The summed E-state index contributed by atoms with van der Waals surface area (Å²) in [6.07, 6.45) is -8.59. The number of alkyl halides is 6. The van der Waals surface area contributed by atoms with E-state index in [-0.39, 0.29) is 16.8 Å². The Labute approximate surface area is 103 Å². The van der Waals surface area contributed by atoms with Crippen LogP contribution in [0.15, 0.2) is 23.4 Å². The van der Waals surface area contributed by atoms with Gasteiger partial charge in [-0.05, 0) is 12.1 Å². The highest BCUT2D eigenvalue weighted by molar-refractivity contribution is 8.00. The lowest BCUT2D eigenvalue weighted by Crippen LogP contribution is -2.33. The summed E-state index contributed by atoms with van der Waals surface area (Å²) in [6, 6.07) is 1.57.